The summed E-state index contributed by atoms with van der Waals surface area (Å²) in [6.07, 6.45) is 0.553. The maximum Gasteiger partial charge on any atom is 0.326 e. The first-order valence-corrected chi connectivity index (χ1v) is 15.2. The minimum absolute atomic E-state index is 0. The topological polar surface area (TPSA) is 237 Å². The molecule has 0 aliphatic carbocycles. The fourth-order valence-corrected chi connectivity index (χ4v) is 3.95. The molecule has 270 valence electrons. The van der Waals surface area contributed by atoms with Crippen molar-refractivity contribution in [1.29, 1.82) is 0 Å². The number of nitrogens with zero attached hydrogens (tertiary/aromatic N) is 2. The third-order valence-electron chi connectivity index (χ3n) is 6.71. The molecule has 0 aromatic heterocycles. The summed E-state index contributed by atoms with van der Waals surface area (Å²) >= 11 is 0. The fourth-order valence-electron chi connectivity index (χ4n) is 3.95. The molecule has 1 amide bonds. The number of benzene rings is 2. The van der Waals surface area contributed by atoms with E-state index < -0.39 is 48.4 Å². The van der Waals surface area contributed by atoms with Gasteiger partial charge in [0.05, 0.1) is 12.8 Å². The summed E-state index contributed by atoms with van der Waals surface area (Å²) in [7, 11) is 3.72. The number of hydrogen-bond acceptors (Lipinski definition) is 9. The number of nitrogens with two attached hydrogens (primary N) is 2. The molecule has 0 spiro atoms. The van der Waals surface area contributed by atoms with Crippen molar-refractivity contribution >= 4 is 42.2 Å². The predicted molar refractivity (Wildman–Crippen MR) is 185 cm³/mol. The Morgan fingerprint density at radius 1 is 0.792 bits per heavy atom. The van der Waals surface area contributed by atoms with E-state index >= 15 is 0 Å². The molecule has 1 fully saturated rings. The van der Waals surface area contributed by atoms with Gasteiger partial charge in [0.25, 0.3) is 0 Å². The molecule has 15 heteroatoms. The Morgan fingerprint density at radius 3 is 1.58 bits per heavy atom. The molecule has 0 saturated carbocycles. The van der Waals surface area contributed by atoms with Crippen molar-refractivity contribution in [1.82, 2.24) is 15.1 Å². The average Bonchev–Trinajstić information content (AvgIpc) is 3.01. The van der Waals surface area contributed by atoms with Gasteiger partial charge in [-0.1, -0.05) is 74.5 Å². The van der Waals surface area contributed by atoms with Gasteiger partial charge in [0.2, 0.25) is 5.91 Å². The highest BCUT2D eigenvalue weighted by atomic mass is 35.5. The zero-order valence-corrected chi connectivity index (χ0v) is 28.8. The summed E-state index contributed by atoms with van der Waals surface area (Å²) < 4.78 is 0. The van der Waals surface area contributed by atoms with Gasteiger partial charge in [-0.3, -0.25) is 19.2 Å². The van der Waals surface area contributed by atoms with E-state index in [0.29, 0.717) is 12.8 Å². The maximum atomic E-state index is 12.1. The van der Waals surface area contributed by atoms with Crippen molar-refractivity contribution in [2.45, 2.75) is 57.7 Å². The highest BCUT2D eigenvalue weighted by Crippen LogP contribution is 2.12. The summed E-state index contributed by atoms with van der Waals surface area (Å²) in [6.45, 7) is 8.64. The Morgan fingerprint density at radius 2 is 1.25 bits per heavy atom. The van der Waals surface area contributed by atoms with Crippen molar-refractivity contribution in [2.75, 3.05) is 40.3 Å². The highest BCUT2D eigenvalue weighted by molar-refractivity contribution is 5.85. The van der Waals surface area contributed by atoms with E-state index in [9.17, 15) is 29.1 Å². The number of amides is 1. The van der Waals surface area contributed by atoms with Crippen molar-refractivity contribution in [3.8, 4) is 0 Å². The number of hydrogen-bond donors (Lipinski definition) is 7. The quantitative estimate of drug-likeness (QED) is 0.167. The van der Waals surface area contributed by atoms with Crippen LogP contribution in [0.2, 0.25) is 0 Å². The summed E-state index contributed by atoms with van der Waals surface area (Å²) in [4.78, 5) is 57.0. The molecule has 1 heterocycles. The van der Waals surface area contributed by atoms with Gasteiger partial charge in [0.15, 0.2) is 0 Å². The van der Waals surface area contributed by atoms with E-state index in [0.717, 1.165) is 24.2 Å². The zero-order chi connectivity index (χ0) is 35.9. The molecule has 3 unspecified atom stereocenters. The number of rotatable bonds is 12. The van der Waals surface area contributed by atoms with E-state index in [2.05, 4.69) is 17.3 Å². The van der Waals surface area contributed by atoms with Crippen LogP contribution >= 0.6 is 12.4 Å². The third-order valence-corrected chi connectivity index (χ3v) is 6.71. The lowest BCUT2D eigenvalue weighted by Gasteiger charge is -2.26. The van der Waals surface area contributed by atoms with Crippen LogP contribution in [0.3, 0.4) is 0 Å². The monoisotopic (exact) mass is 697 g/mol. The predicted octanol–water partition coefficient (Wildman–Crippen LogP) is 1.64. The number of halogens is 1. The van der Waals surface area contributed by atoms with E-state index in [1.54, 1.807) is 7.05 Å². The van der Waals surface area contributed by atoms with Crippen molar-refractivity contribution in [3.63, 3.8) is 0 Å². The van der Waals surface area contributed by atoms with Crippen LogP contribution in [0.5, 0.6) is 0 Å². The van der Waals surface area contributed by atoms with Crippen molar-refractivity contribution in [3.05, 3.63) is 71.8 Å². The molecule has 1 aliphatic rings. The largest absolute Gasteiger partial charge is 0.481 e. The van der Waals surface area contributed by atoms with Crippen molar-refractivity contribution < 1.29 is 44.4 Å². The molecule has 9 N–H and O–H groups in total. The number of likely N-dealkylation sites (N-methyl/N-ethyl adjacent to an activating group) is 2. The molecule has 0 radical (unpaired) electrons. The Balaban J connectivity index is 0. The van der Waals surface area contributed by atoms with Gasteiger partial charge in [-0.2, -0.15) is 0 Å². The Labute approximate surface area is 288 Å². The molecule has 1 saturated heterocycles. The summed E-state index contributed by atoms with van der Waals surface area (Å²) in [5.74, 6) is -4.34. The Bertz CT molecular complexity index is 1220. The van der Waals surface area contributed by atoms with Gasteiger partial charge in [-0.15, -0.1) is 12.4 Å². The molecular formula is C33H52ClN5O9. The number of carbonyl (C=O) groups is 5. The van der Waals surface area contributed by atoms with E-state index in [1.165, 1.54) is 18.0 Å². The summed E-state index contributed by atoms with van der Waals surface area (Å²) in [5.41, 5.74) is 12.0. The second-order valence-corrected chi connectivity index (χ2v) is 11.4. The van der Waals surface area contributed by atoms with Crippen LogP contribution in [-0.2, 0) is 36.8 Å². The third kappa shape index (κ3) is 22.4. The van der Waals surface area contributed by atoms with Gasteiger partial charge in [0.1, 0.15) is 18.1 Å². The SMILES string of the molecule is CC(C)CC(C(=O)O)N(C)C(=O)Cc1ccccc1.CN1CCNCC1.Cl.NC(CC(=O)O)C(=O)O.NC(Cc1ccccc1)C(=O)O. The first-order valence-electron chi connectivity index (χ1n) is 15.2. The van der Waals surface area contributed by atoms with Crippen LogP contribution in [0, 0.1) is 5.92 Å². The number of aliphatic carboxylic acids is 4. The van der Waals surface area contributed by atoms with Crippen LogP contribution < -0.4 is 16.8 Å². The average molecular weight is 698 g/mol. The van der Waals surface area contributed by atoms with E-state index in [1.807, 2.05) is 74.5 Å². The molecular weight excluding hydrogens is 646 g/mol. The molecule has 14 nitrogen and oxygen atoms in total. The number of carbonyl (C=O) groups excluding carboxylic acids is 1. The smallest absolute Gasteiger partial charge is 0.326 e. The molecule has 0 bridgehead atoms. The first-order chi connectivity index (χ1) is 22.0. The molecule has 3 atom stereocenters. The van der Waals surface area contributed by atoms with Gasteiger partial charge >= 0.3 is 23.9 Å². The Kier molecular flexibility index (Phi) is 24.9. The van der Waals surface area contributed by atoms with Crippen molar-refractivity contribution in [2.24, 2.45) is 17.4 Å². The maximum absolute atomic E-state index is 12.1. The van der Waals surface area contributed by atoms with Gasteiger partial charge in [-0.25, -0.2) is 4.79 Å². The molecule has 2 aromatic carbocycles. The molecule has 3 rings (SSSR count). The number of carboxylic acids is 4. The minimum atomic E-state index is -1.29. The lowest BCUT2D eigenvalue weighted by molar-refractivity contribution is -0.149. The second kappa shape index (κ2) is 25.9. The second-order valence-electron chi connectivity index (χ2n) is 11.4. The number of nitrogens with one attached hydrogen (secondary N) is 1. The standard InChI is InChI=1S/C15H21NO3.C9H11NO2.C5H12N2.C4H7NO4.ClH/c1-11(2)9-13(15(18)19)16(3)14(17)10-12-7-5-4-6-8-12;10-8(9(11)12)6-7-4-2-1-3-5-7;1-7-4-2-6-3-5-7;5-2(4(8)9)1-3(6)7;/h4-8,11,13H,9-10H2,1-3H3,(H,18,19);1-5,8H,6,10H2,(H,11,12);6H,2-5H2,1H3;2H,1,5H2,(H,6,7)(H,8,9);1H. The lowest BCUT2D eigenvalue weighted by atomic mass is 10.0. The van der Waals surface area contributed by atoms with Gasteiger partial charge < -0.3 is 47.0 Å². The van der Waals surface area contributed by atoms with E-state index in [-0.39, 0.29) is 30.7 Å². The summed E-state index contributed by atoms with van der Waals surface area (Å²) in [5, 5.41) is 37.0. The van der Waals surface area contributed by atoms with Gasteiger partial charge in [0, 0.05) is 33.2 Å². The zero-order valence-electron chi connectivity index (χ0n) is 28.0. The van der Waals surface area contributed by atoms with Crippen LogP contribution in [-0.4, -0.2) is 118 Å². The normalized spacial score (nSPS) is 14.0. The van der Waals surface area contributed by atoms with Crippen LogP contribution in [0.15, 0.2) is 60.7 Å². The van der Waals surface area contributed by atoms with E-state index in [4.69, 9.17) is 26.8 Å². The van der Waals surface area contributed by atoms with Crippen LogP contribution in [0.25, 0.3) is 0 Å². The molecule has 48 heavy (non-hydrogen) atoms. The Hall–Kier alpha value is -4.08. The first kappa shape index (κ1) is 46.0. The van der Waals surface area contributed by atoms with Crippen LogP contribution in [0.1, 0.15) is 37.8 Å². The fraction of sp³-hybridized carbons (Fsp3) is 0.485. The lowest BCUT2D eigenvalue weighted by Crippen LogP contribution is -2.43. The number of carboxylic acid groups (broad SMARTS) is 4. The number of piperazine rings is 1. The van der Waals surface area contributed by atoms with Gasteiger partial charge in [-0.05, 0) is 36.9 Å². The molecule has 2 aromatic rings. The molecule has 1 aliphatic heterocycles. The van der Waals surface area contributed by atoms with Crippen LogP contribution in [0.4, 0.5) is 0 Å². The highest BCUT2D eigenvalue weighted by Gasteiger charge is 2.27. The minimum Gasteiger partial charge on any atom is -0.481 e. The summed E-state index contributed by atoms with van der Waals surface area (Å²) in [6, 6.07) is 15.8.